The molecule has 0 aromatic heterocycles. The maximum Gasteiger partial charge on any atom is 0.142 e. The van der Waals surface area contributed by atoms with E-state index in [1.54, 1.807) is 7.11 Å². The summed E-state index contributed by atoms with van der Waals surface area (Å²) in [5.41, 5.74) is 9.24. The number of nitrogen functional groups attached to an aromatic ring is 1. The van der Waals surface area contributed by atoms with Crippen LogP contribution in [0.2, 0.25) is 0 Å². The summed E-state index contributed by atoms with van der Waals surface area (Å²) < 4.78 is 10.8. The van der Waals surface area contributed by atoms with Crippen LogP contribution in [0.15, 0.2) is 42.5 Å². The van der Waals surface area contributed by atoms with E-state index in [1.165, 1.54) is 11.1 Å². The molecule has 2 aromatic rings. The van der Waals surface area contributed by atoms with Crippen molar-refractivity contribution in [3.05, 3.63) is 53.6 Å². The van der Waals surface area contributed by atoms with E-state index < -0.39 is 0 Å². The molecule has 1 unspecified atom stereocenters. The van der Waals surface area contributed by atoms with Crippen LogP contribution in [0.3, 0.4) is 0 Å². The van der Waals surface area contributed by atoms with Crippen molar-refractivity contribution in [2.24, 2.45) is 0 Å². The van der Waals surface area contributed by atoms with E-state index in [4.69, 9.17) is 15.2 Å². The minimum absolute atomic E-state index is 0.355. The second-order valence-electron chi connectivity index (χ2n) is 6.05. The zero-order valence-corrected chi connectivity index (χ0v) is 14.8. The van der Waals surface area contributed by atoms with Crippen molar-refractivity contribution in [3.63, 3.8) is 0 Å². The number of nitrogens with one attached hydrogen (secondary N) is 1. The van der Waals surface area contributed by atoms with Crippen molar-refractivity contribution in [1.29, 1.82) is 0 Å². The minimum atomic E-state index is 0.355. The summed E-state index contributed by atoms with van der Waals surface area (Å²) in [6.07, 6.45) is 1.90. The Morgan fingerprint density at radius 3 is 2.42 bits per heavy atom. The van der Waals surface area contributed by atoms with Gasteiger partial charge in [-0.25, -0.2) is 0 Å². The molecule has 0 aliphatic rings. The highest BCUT2D eigenvalue weighted by Gasteiger charge is 2.07. The van der Waals surface area contributed by atoms with Gasteiger partial charge in [0, 0.05) is 12.6 Å². The van der Waals surface area contributed by atoms with Gasteiger partial charge in [0.1, 0.15) is 11.5 Å². The Balaban J connectivity index is 1.84. The van der Waals surface area contributed by atoms with Gasteiger partial charge in [0.2, 0.25) is 0 Å². The summed E-state index contributed by atoms with van der Waals surface area (Å²) >= 11 is 0. The van der Waals surface area contributed by atoms with Crippen molar-refractivity contribution in [3.8, 4) is 11.5 Å². The largest absolute Gasteiger partial charge is 0.497 e. The van der Waals surface area contributed by atoms with Crippen molar-refractivity contribution >= 4 is 5.69 Å². The fourth-order valence-corrected chi connectivity index (χ4v) is 2.53. The highest BCUT2D eigenvalue weighted by Crippen LogP contribution is 2.23. The van der Waals surface area contributed by atoms with Crippen molar-refractivity contribution in [2.45, 2.75) is 39.3 Å². The molecule has 4 heteroatoms. The van der Waals surface area contributed by atoms with Gasteiger partial charge >= 0.3 is 0 Å². The topological polar surface area (TPSA) is 56.5 Å². The first-order valence-corrected chi connectivity index (χ1v) is 8.50. The number of methoxy groups -OCH3 is 1. The van der Waals surface area contributed by atoms with Gasteiger partial charge < -0.3 is 20.5 Å². The molecule has 24 heavy (non-hydrogen) atoms. The van der Waals surface area contributed by atoms with E-state index in [-0.39, 0.29) is 0 Å². The lowest BCUT2D eigenvalue weighted by Gasteiger charge is -2.15. The van der Waals surface area contributed by atoms with E-state index >= 15 is 0 Å². The number of anilines is 1. The second kappa shape index (κ2) is 9.18. The molecular weight excluding hydrogens is 300 g/mol. The number of rotatable bonds is 9. The molecule has 0 bridgehead atoms. The summed E-state index contributed by atoms with van der Waals surface area (Å²) in [5.74, 6) is 1.66. The lowest BCUT2D eigenvalue weighted by atomic mass is 10.1. The maximum absolute atomic E-state index is 6.07. The molecule has 0 aliphatic heterocycles. The third kappa shape index (κ3) is 5.46. The van der Waals surface area contributed by atoms with Gasteiger partial charge in [-0.2, -0.15) is 0 Å². The maximum atomic E-state index is 6.07. The summed E-state index contributed by atoms with van der Waals surface area (Å²) in [5, 5.41) is 3.54. The predicted octanol–water partition coefficient (Wildman–Crippen LogP) is 3.79. The number of ether oxygens (including phenoxy) is 2. The van der Waals surface area contributed by atoms with Gasteiger partial charge in [0.05, 0.1) is 19.4 Å². The standard InChI is InChI=1S/C20H28N2O2/c1-4-11-24-20-10-7-17(13-19(20)21)12-15(2)22-14-16-5-8-18(23-3)9-6-16/h5-10,13,15,22H,4,11-12,14,21H2,1-3H3. The molecule has 0 fully saturated rings. The van der Waals surface area contributed by atoms with Crippen LogP contribution in [0, 0.1) is 0 Å². The third-order valence-corrected chi connectivity index (χ3v) is 3.89. The van der Waals surface area contributed by atoms with Gasteiger partial charge in [-0.3, -0.25) is 0 Å². The Bertz CT molecular complexity index is 626. The highest BCUT2D eigenvalue weighted by atomic mass is 16.5. The molecule has 0 spiro atoms. The van der Waals surface area contributed by atoms with Crippen molar-refractivity contribution in [1.82, 2.24) is 5.32 Å². The molecule has 4 nitrogen and oxygen atoms in total. The summed E-state index contributed by atoms with van der Waals surface area (Å²) in [6, 6.07) is 14.6. The van der Waals surface area contributed by atoms with Crippen molar-refractivity contribution in [2.75, 3.05) is 19.5 Å². The average Bonchev–Trinajstić information content (AvgIpc) is 2.60. The third-order valence-electron chi connectivity index (χ3n) is 3.89. The molecule has 0 amide bonds. The number of nitrogens with two attached hydrogens (primary N) is 1. The molecule has 3 N–H and O–H groups in total. The number of hydrogen-bond donors (Lipinski definition) is 2. The quantitative estimate of drug-likeness (QED) is 0.688. The van der Waals surface area contributed by atoms with Gasteiger partial charge in [-0.15, -0.1) is 0 Å². The second-order valence-corrected chi connectivity index (χ2v) is 6.05. The molecular formula is C20H28N2O2. The Hall–Kier alpha value is -2.20. The van der Waals surface area contributed by atoms with Crippen molar-refractivity contribution < 1.29 is 9.47 Å². The summed E-state index contributed by atoms with van der Waals surface area (Å²) in [4.78, 5) is 0. The molecule has 1 atom stereocenters. The SMILES string of the molecule is CCCOc1ccc(CC(C)NCc2ccc(OC)cc2)cc1N. The average molecular weight is 328 g/mol. The first-order chi connectivity index (χ1) is 11.6. The Kier molecular flexibility index (Phi) is 6.94. The highest BCUT2D eigenvalue weighted by molar-refractivity contribution is 5.54. The van der Waals surface area contributed by atoms with Crippen LogP contribution in [-0.4, -0.2) is 19.8 Å². The van der Waals surface area contributed by atoms with E-state index in [0.29, 0.717) is 18.3 Å². The van der Waals surface area contributed by atoms with Gasteiger partial charge in [0.25, 0.3) is 0 Å². The Morgan fingerprint density at radius 2 is 1.79 bits per heavy atom. The first-order valence-electron chi connectivity index (χ1n) is 8.50. The monoisotopic (exact) mass is 328 g/mol. The number of benzene rings is 2. The molecule has 0 radical (unpaired) electrons. The summed E-state index contributed by atoms with van der Waals surface area (Å²) in [7, 11) is 1.68. The molecule has 2 aromatic carbocycles. The molecule has 130 valence electrons. The molecule has 0 heterocycles. The van der Waals surface area contributed by atoms with Crippen LogP contribution < -0.4 is 20.5 Å². The molecule has 0 saturated carbocycles. The lowest BCUT2D eigenvalue weighted by molar-refractivity contribution is 0.319. The lowest BCUT2D eigenvalue weighted by Crippen LogP contribution is -2.27. The van der Waals surface area contributed by atoms with Crippen LogP contribution in [0.1, 0.15) is 31.4 Å². The predicted molar refractivity (Wildman–Crippen MR) is 99.6 cm³/mol. The molecule has 2 rings (SSSR count). The molecule has 0 aliphatic carbocycles. The zero-order chi connectivity index (χ0) is 17.4. The van der Waals surface area contributed by atoms with E-state index in [0.717, 1.165) is 30.9 Å². The number of hydrogen-bond acceptors (Lipinski definition) is 4. The van der Waals surface area contributed by atoms with E-state index in [1.807, 2.05) is 24.3 Å². The van der Waals surface area contributed by atoms with E-state index in [9.17, 15) is 0 Å². The zero-order valence-electron chi connectivity index (χ0n) is 14.8. The Morgan fingerprint density at radius 1 is 1.08 bits per heavy atom. The minimum Gasteiger partial charge on any atom is -0.497 e. The van der Waals surface area contributed by atoms with Crippen LogP contribution >= 0.6 is 0 Å². The van der Waals surface area contributed by atoms with Crippen LogP contribution in [0.5, 0.6) is 11.5 Å². The molecule has 0 saturated heterocycles. The van der Waals surface area contributed by atoms with Crippen LogP contribution in [-0.2, 0) is 13.0 Å². The van der Waals surface area contributed by atoms with Crippen LogP contribution in [0.4, 0.5) is 5.69 Å². The fourth-order valence-electron chi connectivity index (χ4n) is 2.53. The van der Waals surface area contributed by atoms with E-state index in [2.05, 4.69) is 37.4 Å². The van der Waals surface area contributed by atoms with Gasteiger partial charge in [-0.1, -0.05) is 25.1 Å². The Labute approximate surface area is 145 Å². The first kappa shape index (κ1) is 18.1. The summed E-state index contributed by atoms with van der Waals surface area (Å²) in [6.45, 7) is 5.80. The van der Waals surface area contributed by atoms with Gasteiger partial charge in [-0.05, 0) is 55.2 Å². The van der Waals surface area contributed by atoms with Crippen LogP contribution in [0.25, 0.3) is 0 Å². The normalized spacial score (nSPS) is 12.0. The van der Waals surface area contributed by atoms with Gasteiger partial charge in [0.15, 0.2) is 0 Å². The fraction of sp³-hybridized carbons (Fsp3) is 0.400. The smallest absolute Gasteiger partial charge is 0.142 e.